The molecular weight excluding hydrogens is 398 g/mol. The zero-order valence-electron chi connectivity index (χ0n) is 14.8. The minimum absolute atomic E-state index is 0.432. The van der Waals surface area contributed by atoms with Gasteiger partial charge in [0, 0.05) is 10.5 Å². The molecule has 1 atom stereocenters. The third-order valence-corrected chi connectivity index (χ3v) is 4.03. The molecule has 0 bridgehead atoms. The number of carbonyl (C=O) groups excluding carboxylic acids is 2. The van der Waals surface area contributed by atoms with Crippen LogP contribution in [0.2, 0.25) is 0 Å². The predicted octanol–water partition coefficient (Wildman–Crippen LogP) is 4.35. The molecule has 0 aliphatic heterocycles. The second kappa shape index (κ2) is 9.20. The highest BCUT2D eigenvalue weighted by Crippen LogP contribution is 2.25. The zero-order valence-corrected chi connectivity index (χ0v) is 16.4. The number of aryl methyl sites for hydroxylation is 1. The number of hydrogen-bond acceptors (Lipinski definition) is 4. The van der Waals surface area contributed by atoms with Gasteiger partial charge in [-0.05, 0) is 55.3 Å². The van der Waals surface area contributed by atoms with Crippen LogP contribution in [0.1, 0.15) is 18.1 Å². The van der Waals surface area contributed by atoms with E-state index in [9.17, 15) is 9.59 Å². The van der Waals surface area contributed by atoms with Gasteiger partial charge in [-0.3, -0.25) is 4.79 Å². The molecule has 2 aromatic rings. The van der Waals surface area contributed by atoms with Gasteiger partial charge in [-0.25, -0.2) is 4.79 Å². The van der Waals surface area contributed by atoms with Crippen molar-refractivity contribution in [3.05, 3.63) is 64.1 Å². The maximum atomic E-state index is 12.3. The van der Waals surface area contributed by atoms with Gasteiger partial charge >= 0.3 is 5.97 Å². The first kappa shape index (κ1) is 19.7. The van der Waals surface area contributed by atoms with Crippen LogP contribution in [0.4, 0.5) is 5.69 Å². The zero-order chi connectivity index (χ0) is 19.1. The molecule has 0 spiro atoms. The average molecular weight is 418 g/mol. The van der Waals surface area contributed by atoms with Crippen LogP contribution < -0.4 is 10.1 Å². The molecule has 2 aromatic carbocycles. The molecule has 1 amide bonds. The Bertz CT molecular complexity index is 832. The van der Waals surface area contributed by atoms with E-state index < -0.39 is 18.0 Å². The van der Waals surface area contributed by atoms with E-state index in [0.717, 1.165) is 15.6 Å². The van der Waals surface area contributed by atoms with Gasteiger partial charge in [-0.2, -0.15) is 0 Å². The molecule has 0 saturated heterocycles. The van der Waals surface area contributed by atoms with Crippen molar-refractivity contribution in [2.75, 3.05) is 12.4 Å². The van der Waals surface area contributed by atoms with Crippen molar-refractivity contribution in [2.45, 2.75) is 20.0 Å². The first-order chi connectivity index (χ1) is 12.4. The summed E-state index contributed by atoms with van der Waals surface area (Å²) < 4.78 is 11.3. The third kappa shape index (κ3) is 5.74. The van der Waals surface area contributed by atoms with Gasteiger partial charge in [0.2, 0.25) is 0 Å². The Hall–Kier alpha value is -2.60. The molecule has 1 N–H and O–H groups in total. The molecule has 6 heteroatoms. The van der Waals surface area contributed by atoms with E-state index in [1.807, 2.05) is 37.3 Å². The fourth-order valence-electron chi connectivity index (χ4n) is 2.20. The van der Waals surface area contributed by atoms with E-state index in [1.54, 1.807) is 18.2 Å². The number of halogens is 1. The highest BCUT2D eigenvalue weighted by molar-refractivity contribution is 9.10. The van der Waals surface area contributed by atoms with Crippen molar-refractivity contribution < 1.29 is 19.1 Å². The lowest BCUT2D eigenvalue weighted by Crippen LogP contribution is -2.29. The molecule has 0 unspecified atom stereocenters. The van der Waals surface area contributed by atoms with Crippen LogP contribution in [-0.2, 0) is 14.3 Å². The van der Waals surface area contributed by atoms with E-state index in [2.05, 4.69) is 21.2 Å². The predicted molar refractivity (Wildman–Crippen MR) is 105 cm³/mol. The SMILES string of the molecule is COc1ccc(C)cc1NC(=O)[C@@H](C)OC(=O)/C=C/c1cccc(Br)c1. The highest BCUT2D eigenvalue weighted by Gasteiger charge is 2.18. The first-order valence-electron chi connectivity index (χ1n) is 7.99. The van der Waals surface area contributed by atoms with Gasteiger partial charge in [0.05, 0.1) is 12.8 Å². The lowest BCUT2D eigenvalue weighted by Gasteiger charge is -2.15. The normalized spacial score (nSPS) is 11.8. The molecule has 0 radical (unpaired) electrons. The fourth-order valence-corrected chi connectivity index (χ4v) is 2.61. The maximum absolute atomic E-state index is 12.3. The number of ether oxygens (including phenoxy) is 2. The standard InChI is InChI=1S/C20H20BrNO4/c1-13-7-9-18(25-3)17(11-13)22-20(24)14(2)26-19(23)10-8-15-5-4-6-16(21)12-15/h4-12,14H,1-3H3,(H,22,24)/b10-8+/t14-/m1/s1. The van der Waals surface area contributed by atoms with E-state index in [4.69, 9.17) is 9.47 Å². The van der Waals surface area contributed by atoms with Gasteiger partial charge in [0.25, 0.3) is 5.91 Å². The maximum Gasteiger partial charge on any atom is 0.331 e. The second-order valence-electron chi connectivity index (χ2n) is 5.66. The molecule has 0 fully saturated rings. The summed E-state index contributed by atoms with van der Waals surface area (Å²) in [6.07, 6.45) is 1.97. The van der Waals surface area contributed by atoms with Gasteiger partial charge in [-0.1, -0.05) is 34.1 Å². The van der Waals surface area contributed by atoms with Crippen molar-refractivity contribution in [3.63, 3.8) is 0 Å². The van der Waals surface area contributed by atoms with E-state index >= 15 is 0 Å². The quantitative estimate of drug-likeness (QED) is 0.560. The summed E-state index contributed by atoms with van der Waals surface area (Å²) in [5.74, 6) is -0.487. The molecule has 136 valence electrons. The van der Waals surface area contributed by atoms with Crippen molar-refractivity contribution in [3.8, 4) is 5.75 Å². The number of esters is 1. The summed E-state index contributed by atoms with van der Waals surface area (Å²) in [4.78, 5) is 24.2. The Balaban J connectivity index is 1.96. The molecule has 0 saturated carbocycles. The Kier molecular flexibility index (Phi) is 6.97. The minimum Gasteiger partial charge on any atom is -0.495 e. The van der Waals surface area contributed by atoms with Gasteiger partial charge < -0.3 is 14.8 Å². The molecule has 2 rings (SSSR count). The third-order valence-electron chi connectivity index (χ3n) is 3.54. The molecule has 0 aliphatic rings. The number of benzene rings is 2. The van der Waals surface area contributed by atoms with E-state index in [0.29, 0.717) is 11.4 Å². The monoisotopic (exact) mass is 417 g/mol. The summed E-state index contributed by atoms with van der Waals surface area (Å²) in [7, 11) is 1.52. The lowest BCUT2D eigenvalue weighted by molar-refractivity contribution is -0.148. The van der Waals surface area contributed by atoms with Gasteiger partial charge in [0.15, 0.2) is 6.10 Å². The van der Waals surface area contributed by atoms with Crippen molar-refractivity contribution in [1.29, 1.82) is 0 Å². The Labute approximate surface area is 161 Å². The van der Waals surface area contributed by atoms with Crippen molar-refractivity contribution >= 4 is 39.6 Å². The van der Waals surface area contributed by atoms with Gasteiger partial charge in [-0.15, -0.1) is 0 Å². The van der Waals surface area contributed by atoms with Crippen LogP contribution in [0.5, 0.6) is 5.75 Å². The molecule has 0 aliphatic carbocycles. The molecule has 0 aromatic heterocycles. The molecule has 26 heavy (non-hydrogen) atoms. The number of nitrogens with one attached hydrogen (secondary N) is 1. The summed E-state index contributed by atoms with van der Waals surface area (Å²) in [5, 5.41) is 2.72. The number of amides is 1. The first-order valence-corrected chi connectivity index (χ1v) is 8.78. The number of hydrogen-bond donors (Lipinski definition) is 1. The van der Waals surface area contributed by atoms with Crippen LogP contribution >= 0.6 is 15.9 Å². The summed E-state index contributed by atoms with van der Waals surface area (Å²) >= 11 is 3.36. The van der Waals surface area contributed by atoms with Crippen LogP contribution in [0.15, 0.2) is 53.0 Å². The van der Waals surface area contributed by atoms with E-state index in [-0.39, 0.29) is 0 Å². The van der Waals surface area contributed by atoms with Crippen LogP contribution in [-0.4, -0.2) is 25.1 Å². The number of carbonyl (C=O) groups is 2. The summed E-state index contributed by atoms with van der Waals surface area (Å²) in [6.45, 7) is 3.42. The summed E-state index contributed by atoms with van der Waals surface area (Å²) in [6, 6.07) is 12.9. The van der Waals surface area contributed by atoms with Crippen LogP contribution in [0.3, 0.4) is 0 Å². The highest BCUT2D eigenvalue weighted by atomic mass is 79.9. The Morgan fingerprint density at radius 3 is 2.65 bits per heavy atom. The van der Waals surface area contributed by atoms with Crippen LogP contribution in [0.25, 0.3) is 6.08 Å². The number of anilines is 1. The average Bonchev–Trinajstić information content (AvgIpc) is 2.60. The van der Waals surface area contributed by atoms with Gasteiger partial charge in [0.1, 0.15) is 5.75 Å². The van der Waals surface area contributed by atoms with Crippen LogP contribution in [0, 0.1) is 6.92 Å². The molecule has 5 nitrogen and oxygen atoms in total. The fraction of sp³-hybridized carbons (Fsp3) is 0.200. The molecule has 0 heterocycles. The van der Waals surface area contributed by atoms with Crippen molar-refractivity contribution in [1.82, 2.24) is 0 Å². The van der Waals surface area contributed by atoms with E-state index in [1.165, 1.54) is 20.1 Å². The molecular formula is C20H20BrNO4. The Morgan fingerprint density at radius 1 is 1.19 bits per heavy atom. The Morgan fingerprint density at radius 2 is 1.96 bits per heavy atom. The number of methoxy groups -OCH3 is 1. The summed E-state index contributed by atoms with van der Waals surface area (Å²) in [5.41, 5.74) is 2.35. The second-order valence-corrected chi connectivity index (χ2v) is 6.58. The minimum atomic E-state index is -0.945. The lowest BCUT2D eigenvalue weighted by atomic mass is 10.2. The number of rotatable bonds is 6. The smallest absolute Gasteiger partial charge is 0.331 e. The largest absolute Gasteiger partial charge is 0.495 e. The van der Waals surface area contributed by atoms with Crippen molar-refractivity contribution in [2.24, 2.45) is 0 Å². The topological polar surface area (TPSA) is 64.6 Å².